The molecule has 4 rings (SSSR count). The minimum atomic E-state index is -0.246. The Balaban J connectivity index is 1.43. The number of pyridine rings is 1. The maximum atomic E-state index is 12.1. The van der Waals surface area contributed by atoms with Crippen LogP contribution < -0.4 is 9.64 Å². The molecule has 0 unspecified atom stereocenters. The van der Waals surface area contributed by atoms with Crippen molar-refractivity contribution in [1.82, 2.24) is 19.9 Å². The van der Waals surface area contributed by atoms with E-state index >= 15 is 0 Å². The molecule has 1 saturated heterocycles. The van der Waals surface area contributed by atoms with Crippen molar-refractivity contribution in [2.24, 2.45) is 0 Å². The number of likely N-dealkylation sites (tertiary alicyclic amines) is 1. The van der Waals surface area contributed by atoms with Gasteiger partial charge in [0.1, 0.15) is 18.2 Å². The maximum absolute atomic E-state index is 12.1. The monoisotopic (exact) mass is 397 g/mol. The Kier molecular flexibility index (Phi) is 5.51. The Morgan fingerprint density at radius 3 is 2.69 bits per heavy atom. The number of piperidine rings is 1. The normalized spacial score (nSPS) is 16.8. The molecule has 2 aliphatic heterocycles. The summed E-state index contributed by atoms with van der Waals surface area (Å²) in [5.74, 6) is 1.55. The van der Waals surface area contributed by atoms with Gasteiger partial charge >= 0.3 is 6.09 Å². The Morgan fingerprint density at radius 2 is 1.97 bits per heavy atom. The average Bonchev–Trinajstić information content (AvgIpc) is 3.13. The zero-order valence-corrected chi connectivity index (χ0v) is 17.2. The van der Waals surface area contributed by atoms with Crippen LogP contribution in [0, 0.1) is 6.92 Å². The number of nitrogens with zero attached hydrogens (tertiary/aromatic N) is 5. The highest BCUT2D eigenvalue weighted by Gasteiger charge is 2.30. The highest BCUT2D eigenvalue weighted by molar-refractivity contribution is 5.69. The SMILES string of the molecule is Cc1ncccc1N1CCc2c(OC3CCN(C(=O)OC(C)C)CC3)ncnc21. The van der Waals surface area contributed by atoms with Crippen molar-refractivity contribution in [3.05, 3.63) is 35.9 Å². The fraction of sp³-hybridized carbons (Fsp3) is 0.524. The molecule has 8 heteroatoms. The van der Waals surface area contributed by atoms with Crippen molar-refractivity contribution in [3.8, 4) is 5.88 Å². The largest absolute Gasteiger partial charge is 0.474 e. The van der Waals surface area contributed by atoms with E-state index in [1.165, 1.54) is 0 Å². The molecule has 0 saturated carbocycles. The lowest BCUT2D eigenvalue weighted by atomic mass is 10.1. The lowest BCUT2D eigenvalue weighted by Crippen LogP contribution is -2.42. The van der Waals surface area contributed by atoms with Gasteiger partial charge in [-0.1, -0.05) is 0 Å². The van der Waals surface area contributed by atoms with E-state index < -0.39 is 0 Å². The number of fused-ring (bicyclic) bond motifs is 1. The summed E-state index contributed by atoms with van der Waals surface area (Å²) >= 11 is 0. The summed E-state index contributed by atoms with van der Waals surface area (Å²) in [4.78, 5) is 29.3. The van der Waals surface area contributed by atoms with Crippen molar-refractivity contribution in [3.63, 3.8) is 0 Å². The standard InChI is InChI=1S/C21H27N5O3/c1-14(2)28-21(27)25-10-6-16(7-11-25)29-20-17-8-12-26(19(17)23-13-24-20)18-5-4-9-22-15(18)3/h4-5,9,13-14,16H,6-8,10-12H2,1-3H3. The molecule has 0 radical (unpaired) electrons. The molecular formula is C21H27N5O3. The first kappa shape index (κ1) is 19.4. The van der Waals surface area contributed by atoms with Crippen LogP contribution in [0.15, 0.2) is 24.7 Å². The third kappa shape index (κ3) is 4.11. The van der Waals surface area contributed by atoms with Crippen molar-refractivity contribution in [2.75, 3.05) is 24.5 Å². The smallest absolute Gasteiger partial charge is 0.410 e. The molecule has 0 aliphatic carbocycles. The number of aromatic nitrogens is 3. The van der Waals surface area contributed by atoms with E-state index in [-0.39, 0.29) is 18.3 Å². The quantitative estimate of drug-likeness (QED) is 0.783. The number of hydrogen-bond donors (Lipinski definition) is 0. The zero-order chi connectivity index (χ0) is 20.4. The van der Waals surface area contributed by atoms with Crippen molar-refractivity contribution in [2.45, 2.75) is 52.2 Å². The van der Waals surface area contributed by atoms with Crippen LogP contribution in [0.1, 0.15) is 37.9 Å². The number of hydrogen-bond acceptors (Lipinski definition) is 7. The molecule has 2 aliphatic rings. The van der Waals surface area contributed by atoms with Crippen LogP contribution in [0.25, 0.3) is 0 Å². The minimum Gasteiger partial charge on any atom is -0.474 e. The summed E-state index contributed by atoms with van der Waals surface area (Å²) in [6, 6.07) is 4.00. The van der Waals surface area contributed by atoms with Crippen LogP contribution in [-0.4, -0.2) is 57.8 Å². The van der Waals surface area contributed by atoms with Crippen LogP contribution in [0.4, 0.5) is 16.3 Å². The van der Waals surface area contributed by atoms with Crippen molar-refractivity contribution >= 4 is 17.6 Å². The van der Waals surface area contributed by atoms with Gasteiger partial charge in [0.2, 0.25) is 5.88 Å². The van der Waals surface area contributed by atoms with E-state index in [4.69, 9.17) is 9.47 Å². The molecule has 0 bridgehead atoms. The van der Waals surface area contributed by atoms with Gasteiger partial charge in [-0.2, -0.15) is 0 Å². The molecular weight excluding hydrogens is 370 g/mol. The van der Waals surface area contributed by atoms with Crippen LogP contribution in [0.3, 0.4) is 0 Å². The molecule has 29 heavy (non-hydrogen) atoms. The average molecular weight is 397 g/mol. The van der Waals surface area contributed by atoms with E-state index in [1.54, 1.807) is 17.4 Å². The van der Waals surface area contributed by atoms with Gasteiger partial charge in [-0.25, -0.2) is 14.8 Å². The minimum absolute atomic E-state index is 0.0336. The van der Waals surface area contributed by atoms with Crippen LogP contribution >= 0.6 is 0 Å². The highest BCUT2D eigenvalue weighted by Crippen LogP contribution is 2.37. The van der Waals surface area contributed by atoms with Gasteiger partial charge in [0, 0.05) is 38.7 Å². The van der Waals surface area contributed by atoms with Gasteiger partial charge < -0.3 is 19.3 Å². The Hall–Kier alpha value is -2.90. The second kappa shape index (κ2) is 8.23. The molecule has 0 spiro atoms. The summed E-state index contributed by atoms with van der Waals surface area (Å²) in [6.45, 7) is 7.81. The molecule has 2 aromatic rings. The van der Waals surface area contributed by atoms with Gasteiger partial charge in [-0.05, 0) is 39.3 Å². The van der Waals surface area contributed by atoms with Gasteiger partial charge in [-0.3, -0.25) is 4.98 Å². The van der Waals surface area contributed by atoms with Gasteiger partial charge in [0.25, 0.3) is 0 Å². The number of rotatable bonds is 4. The molecule has 1 fully saturated rings. The fourth-order valence-corrected chi connectivity index (χ4v) is 3.86. The van der Waals surface area contributed by atoms with Gasteiger partial charge in [0.15, 0.2) is 0 Å². The molecule has 0 aromatic carbocycles. The molecule has 1 amide bonds. The lowest BCUT2D eigenvalue weighted by Gasteiger charge is -2.32. The van der Waals surface area contributed by atoms with Crippen LogP contribution in [0.2, 0.25) is 0 Å². The molecule has 154 valence electrons. The van der Waals surface area contributed by atoms with E-state index in [1.807, 2.05) is 26.8 Å². The predicted molar refractivity (Wildman–Crippen MR) is 109 cm³/mol. The van der Waals surface area contributed by atoms with Gasteiger partial charge in [0.05, 0.1) is 23.0 Å². The van der Waals surface area contributed by atoms with Crippen molar-refractivity contribution < 1.29 is 14.3 Å². The van der Waals surface area contributed by atoms with Crippen LogP contribution in [-0.2, 0) is 11.2 Å². The fourth-order valence-electron chi connectivity index (χ4n) is 3.86. The maximum Gasteiger partial charge on any atom is 0.410 e. The second-order valence-electron chi connectivity index (χ2n) is 7.73. The zero-order valence-electron chi connectivity index (χ0n) is 17.2. The summed E-state index contributed by atoms with van der Waals surface area (Å²) in [7, 11) is 0. The molecule has 0 N–H and O–H groups in total. The van der Waals surface area contributed by atoms with E-state index in [0.29, 0.717) is 19.0 Å². The van der Waals surface area contributed by atoms with E-state index in [9.17, 15) is 4.79 Å². The Labute approximate surface area is 170 Å². The van der Waals surface area contributed by atoms with Crippen molar-refractivity contribution in [1.29, 1.82) is 0 Å². The molecule has 0 atom stereocenters. The molecule has 8 nitrogen and oxygen atoms in total. The lowest BCUT2D eigenvalue weighted by molar-refractivity contribution is 0.0505. The predicted octanol–water partition coefficient (Wildman–Crippen LogP) is 3.26. The van der Waals surface area contributed by atoms with E-state index in [2.05, 4.69) is 25.9 Å². The third-order valence-corrected chi connectivity index (χ3v) is 5.31. The van der Waals surface area contributed by atoms with Crippen LogP contribution in [0.5, 0.6) is 5.88 Å². The first-order valence-electron chi connectivity index (χ1n) is 10.2. The highest BCUT2D eigenvalue weighted by atomic mass is 16.6. The van der Waals surface area contributed by atoms with Gasteiger partial charge in [-0.15, -0.1) is 0 Å². The summed E-state index contributed by atoms with van der Waals surface area (Å²) in [5.41, 5.74) is 3.08. The molecule has 2 aromatic heterocycles. The molecule has 4 heterocycles. The third-order valence-electron chi connectivity index (χ3n) is 5.31. The first-order valence-corrected chi connectivity index (χ1v) is 10.2. The Bertz CT molecular complexity index is 880. The summed E-state index contributed by atoms with van der Waals surface area (Å²) in [5, 5.41) is 0. The number of carbonyl (C=O) groups excluding carboxylic acids is 1. The Morgan fingerprint density at radius 1 is 1.17 bits per heavy atom. The number of carbonyl (C=O) groups is 1. The van der Waals surface area contributed by atoms with E-state index in [0.717, 1.165) is 48.6 Å². The number of aryl methyl sites for hydroxylation is 1. The second-order valence-corrected chi connectivity index (χ2v) is 7.73. The number of ether oxygens (including phenoxy) is 2. The summed E-state index contributed by atoms with van der Waals surface area (Å²) < 4.78 is 11.5. The summed E-state index contributed by atoms with van der Waals surface area (Å²) in [6.07, 6.45) is 5.40. The number of amides is 1. The first-order chi connectivity index (χ1) is 14.0. The topological polar surface area (TPSA) is 80.7 Å². The number of anilines is 2.